The number of hydrogen-bond acceptors (Lipinski definition) is 4. The molecule has 2 aromatic heterocycles. The van der Waals surface area contributed by atoms with Gasteiger partial charge >= 0.3 is 0 Å². The molecule has 0 amide bonds. The largest absolute Gasteiger partial charge is 0.461 e. The summed E-state index contributed by atoms with van der Waals surface area (Å²) in [4.78, 5) is 8.63. The molecule has 0 aliphatic heterocycles. The van der Waals surface area contributed by atoms with Crippen molar-refractivity contribution in [2.24, 2.45) is 4.99 Å². The highest BCUT2D eigenvalue weighted by molar-refractivity contribution is 5.79. The van der Waals surface area contributed by atoms with E-state index >= 15 is 0 Å². The Morgan fingerprint density at radius 3 is 3.00 bits per heavy atom. The number of unbranched alkanes of at least 4 members (excludes halogenated alkanes) is 2. The minimum Gasteiger partial charge on any atom is -0.461 e. The van der Waals surface area contributed by atoms with E-state index in [1.165, 1.54) is 19.3 Å². The lowest BCUT2D eigenvalue weighted by atomic mass is 10.1. The first kappa shape index (κ1) is 17.1. The van der Waals surface area contributed by atoms with Gasteiger partial charge in [-0.05, 0) is 25.5 Å². The van der Waals surface area contributed by atoms with Crippen LogP contribution in [-0.2, 0) is 6.54 Å². The molecule has 0 saturated heterocycles. The van der Waals surface area contributed by atoms with Gasteiger partial charge in [-0.25, -0.2) is 4.98 Å². The van der Waals surface area contributed by atoms with Crippen molar-refractivity contribution in [1.82, 2.24) is 25.8 Å². The highest BCUT2D eigenvalue weighted by Crippen LogP contribution is 2.14. The first-order valence-corrected chi connectivity index (χ1v) is 8.15. The lowest BCUT2D eigenvalue weighted by Crippen LogP contribution is -2.42. The van der Waals surface area contributed by atoms with Crippen molar-refractivity contribution in [3.05, 3.63) is 24.2 Å². The molecule has 0 aliphatic carbocycles. The zero-order valence-electron chi connectivity index (χ0n) is 14.1. The average molecular weight is 318 g/mol. The number of rotatable bonds is 8. The molecule has 0 aliphatic rings. The average Bonchev–Trinajstić information content (AvgIpc) is 3.22. The van der Waals surface area contributed by atoms with Gasteiger partial charge in [0, 0.05) is 13.1 Å². The maximum atomic E-state index is 5.28. The van der Waals surface area contributed by atoms with E-state index in [-0.39, 0.29) is 0 Å². The number of hydrogen-bond donors (Lipinski definition) is 3. The molecule has 0 saturated carbocycles. The Balaban J connectivity index is 1.79. The SMILES string of the molecule is CCCCCC(C)NC(=NC)NCc1nc(-c2ccco2)n[nH]1. The molecule has 0 fully saturated rings. The van der Waals surface area contributed by atoms with Crippen LogP contribution in [0.4, 0.5) is 0 Å². The van der Waals surface area contributed by atoms with Gasteiger partial charge in [0.1, 0.15) is 5.82 Å². The van der Waals surface area contributed by atoms with Gasteiger partial charge < -0.3 is 15.1 Å². The van der Waals surface area contributed by atoms with Gasteiger partial charge in [-0.3, -0.25) is 10.1 Å². The van der Waals surface area contributed by atoms with Crippen LogP contribution < -0.4 is 10.6 Å². The Morgan fingerprint density at radius 1 is 1.43 bits per heavy atom. The zero-order valence-corrected chi connectivity index (χ0v) is 14.1. The van der Waals surface area contributed by atoms with Crippen LogP contribution in [0.5, 0.6) is 0 Å². The zero-order chi connectivity index (χ0) is 16.5. The Labute approximate surface area is 137 Å². The van der Waals surface area contributed by atoms with Crippen LogP contribution in [0.2, 0.25) is 0 Å². The predicted octanol–water partition coefficient (Wildman–Crippen LogP) is 2.70. The van der Waals surface area contributed by atoms with Crippen molar-refractivity contribution in [1.29, 1.82) is 0 Å². The number of aliphatic imine (C=N–C) groups is 1. The second-order valence-electron chi connectivity index (χ2n) is 5.55. The van der Waals surface area contributed by atoms with E-state index in [1.54, 1.807) is 13.3 Å². The van der Waals surface area contributed by atoms with Crippen molar-refractivity contribution in [3.8, 4) is 11.6 Å². The Morgan fingerprint density at radius 2 is 2.30 bits per heavy atom. The fraction of sp³-hybridized carbons (Fsp3) is 0.562. The van der Waals surface area contributed by atoms with Gasteiger partial charge in [0.25, 0.3) is 0 Å². The first-order chi connectivity index (χ1) is 11.2. The lowest BCUT2D eigenvalue weighted by molar-refractivity contribution is 0.546. The van der Waals surface area contributed by atoms with Crippen molar-refractivity contribution in [3.63, 3.8) is 0 Å². The van der Waals surface area contributed by atoms with Crippen molar-refractivity contribution in [2.45, 2.75) is 52.1 Å². The molecule has 2 heterocycles. The van der Waals surface area contributed by atoms with E-state index in [4.69, 9.17) is 4.42 Å². The smallest absolute Gasteiger partial charge is 0.216 e. The first-order valence-electron chi connectivity index (χ1n) is 8.15. The summed E-state index contributed by atoms with van der Waals surface area (Å²) in [6.07, 6.45) is 6.49. The monoisotopic (exact) mass is 318 g/mol. The maximum Gasteiger partial charge on any atom is 0.216 e. The van der Waals surface area contributed by atoms with Crippen LogP contribution in [0.15, 0.2) is 27.8 Å². The molecular formula is C16H26N6O. The molecule has 2 rings (SSSR count). The van der Waals surface area contributed by atoms with E-state index in [0.717, 1.165) is 18.2 Å². The van der Waals surface area contributed by atoms with E-state index in [1.807, 2.05) is 12.1 Å². The standard InChI is InChI=1S/C16H26N6O/c1-4-5-6-8-12(2)19-16(17-3)18-11-14-20-15(22-21-14)13-9-7-10-23-13/h7,9-10,12H,4-6,8,11H2,1-3H3,(H2,17,18,19)(H,20,21,22). The molecule has 0 bridgehead atoms. The molecule has 2 aromatic rings. The summed E-state index contributed by atoms with van der Waals surface area (Å²) in [6, 6.07) is 4.04. The minimum atomic E-state index is 0.390. The molecule has 7 nitrogen and oxygen atoms in total. The predicted molar refractivity (Wildman–Crippen MR) is 91.0 cm³/mol. The number of furan rings is 1. The normalized spacial score (nSPS) is 13.1. The summed E-state index contributed by atoms with van der Waals surface area (Å²) in [5.41, 5.74) is 0. The summed E-state index contributed by atoms with van der Waals surface area (Å²) in [5, 5.41) is 13.7. The summed E-state index contributed by atoms with van der Waals surface area (Å²) < 4.78 is 5.28. The number of aromatic amines is 1. The molecule has 23 heavy (non-hydrogen) atoms. The summed E-state index contributed by atoms with van der Waals surface area (Å²) in [5.74, 6) is 2.71. The third-order valence-electron chi connectivity index (χ3n) is 3.54. The van der Waals surface area contributed by atoms with Crippen LogP contribution >= 0.6 is 0 Å². The number of nitrogens with zero attached hydrogens (tertiary/aromatic N) is 3. The van der Waals surface area contributed by atoms with Gasteiger partial charge in [0.2, 0.25) is 5.82 Å². The minimum absolute atomic E-state index is 0.390. The molecular weight excluding hydrogens is 292 g/mol. The van der Waals surface area contributed by atoms with Crippen LogP contribution in [0.1, 0.15) is 45.4 Å². The Kier molecular flexibility index (Phi) is 6.65. The number of nitrogens with one attached hydrogen (secondary N) is 3. The third kappa shape index (κ3) is 5.43. The van der Waals surface area contributed by atoms with Crippen molar-refractivity contribution in [2.75, 3.05) is 7.05 Å². The molecule has 1 atom stereocenters. The maximum absolute atomic E-state index is 5.28. The van der Waals surface area contributed by atoms with Crippen LogP contribution in [0.3, 0.4) is 0 Å². The van der Waals surface area contributed by atoms with E-state index in [2.05, 4.69) is 44.7 Å². The molecule has 3 N–H and O–H groups in total. The molecule has 7 heteroatoms. The van der Waals surface area contributed by atoms with E-state index in [0.29, 0.717) is 24.2 Å². The summed E-state index contributed by atoms with van der Waals surface area (Å²) >= 11 is 0. The second-order valence-corrected chi connectivity index (χ2v) is 5.55. The van der Waals surface area contributed by atoms with Crippen LogP contribution in [0.25, 0.3) is 11.6 Å². The van der Waals surface area contributed by atoms with Gasteiger partial charge in [0.15, 0.2) is 11.7 Å². The molecule has 0 aromatic carbocycles. The highest BCUT2D eigenvalue weighted by Gasteiger charge is 2.09. The quantitative estimate of drug-likeness (QED) is 0.395. The van der Waals surface area contributed by atoms with Gasteiger partial charge in [-0.1, -0.05) is 26.2 Å². The van der Waals surface area contributed by atoms with Gasteiger partial charge in [-0.15, -0.1) is 5.10 Å². The Hall–Kier alpha value is -2.31. The van der Waals surface area contributed by atoms with Crippen molar-refractivity contribution >= 4 is 5.96 Å². The summed E-state index contributed by atoms with van der Waals surface area (Å²) in [6.45, 7) is 4.91. The third-order valence-corrected chi connectivity index (χ3v) is 3.54. The fourth-order valence-electron chi connectivity index (χ4n) is 2.26. The summed E-state index contributed by atoms with van der Waals surface area (Å²) in [7, 11) is 1.77. The van der Waals surface area contributed by atoms with Gasteiger partial charge in [-0.2, -0.15) is 0 Å². The second kappa shape index (κ2) is 8.97. The van der Waals surface area contributed by atoms with Crippen LogP contribution in [-0.4, -0.2) is 34.2 Å². The van der Waals surface area contributed by atoms with E-state index in [9.17, 15) is 0 Å². The van der Waals surface area contributed by atoms with Gasteiger partial charge in [0.05, 0.1) is 12.8 Å². The number of guanidine groups is 1. The molecule has 0 spiro atoms. The van der Waals surface area contributed by atoms with E-state index < -0.39 is 0 Å². The topological polar surface area (TPSA) is 91.1 Å². The van der Waals surface area contributed by atoms with Crippen LogP contribution in [0, 0.1) is 0 Å². The lowest BCUT2D eigenvalue weighted by Gasteiger charge is -2.17. The Bertz CT molecular complexity index is 589. The fourth-order valence-corrected chi connectivity index (χ4v) is 2.26. The molecule has 126 valence electrons. The highest BCUT2D eigenvalue weighted by atomic mass is 16.3. The molecule has 0 radical (unpaired) electrons. The van der Waals surface area contributed by atoms with Crippen molar-refractivity contribution < 1.29 is 4.42 Å². The number of H-pyrrole nitrogens is 1. The molecule has 1 unspecified atom stereocenters. The number of aromatic nitrogens is 3.